The zero-order chi connectivity index (χ0) is 41.8. The van der Waals surface area contributed by atoms with E-state index in [4.69, 9.17) is 10.1 Å². The number of phenols is 1. The number of nitrogens with one attached hydrogen (secondary N) is 2. The fourth-order valence-electron chi connectivity index (χ4n) is 9.01. The van der Waals surface area contributed by atoms with Gasteiger partial charge in [-0.1, -0.05) is 18.2 Å². The SMILES string of the molecule is Cn1c(=O)n(C2CCC(=O)NC2=O)c2ccc(CCCN3CCn4cc(-c5ccc6cn([C@H]7CC[C@H](CNC(=O)c8cc(F)c(O)c(F)c8F)CC7)nc6c5)nc4C3)cc21. The summed E-state index contributed by atoms with van der Waals surface area (Å²) in [5, 5.41) is 20.1. The van der Waals surface area contributed by atoms with Gasteiger partial charge in [-0.15, -0.1) is 0 Å². The lowest BCUT2D eigenvalue weighted by molar-refractivity contribution is -0.135. The number of fused-ring (bicyclic) bond motifs is 3. The highest BCUT2D eigenvalue weighted by Crippen LogP contribution is 2.34. The van der Waals surface area contributed by atoms with Gasteiger partial charge in [0.05, 0.1) is 40.4 Å². The maximum atomic E-state index is 14.2. The Morgan fingerprint density at radius 3 is 2.57 bits per heavy atom. The van der Waals surface area contributed by atoms with Crippen molar-refractivity contribution in [2.24, 2.45) is 13.0 Å². The van der Waals surface area contributed by atoms with Crippen LogP contribution < -0.4 is 16.3 Å². The molecule has 3 aromatic heterocycles. The van der Waals surface area contributed by atoms with Crippen molar-refractivity contribution < 1.29 is 32.7 Å². The molecule has 312 valence electrons. The lowest BCUT2D eigenvalue weighted by Gasteiger charge is -2.28. The average molecular weight is 824 g/mol. The van der Waals surface area contributed by atoms with Crippen LogP contribution in [0.15, 0.2) is 59.7 Å². The van der Waals surface area contributed by atoms with Gasteiger partial charge in [-0.25, -0.2) is 18.6 Å². The normalized spacial score (nSPS) is 19.8. The largest absolute Gasteiger partial charge is 0.503 e. The van der Waals surface area contributed by atoms with Crippen LogP contribution in [0.5, 0.6) is 5.75 Å². The van der Waals surface area contributed by atoms with Crippen LogP contribution in [0, 0.1) is 23.4 Å². The van der Waals surface area contributed by atoms with E-state index >= 15 is 0 Å². The molecule has 1 unspecified atom stereocenters. The number of halogens is 3. The van der Waals surface area contributed by atoms with E-state index in [-0.39, 0.29) is 36.5 Å². The number of hydrogen-bond acceptors (Lipinski definition) is 8. The third kappa shape index (κ3) is 7.35. The molecule has 1 atom stereocenters. The van der Waals surface area contributed by atoms with Gasteiger partial charge in [0.15, 0.2) is 17.4 Å². The first-order valence-corrected chi connectivity index (χ1v) is 20.4. The van der Waals surface area contributed by atoms with Gasteiger partial charge >= 0.3 is 5.69 Å². The number of aromatic hydroxyl groups is 1. The van der Waals surface area contributed by atoms with Crippen molar-refractivity contribution in [3.63, 3.8) is 0 Å². The second-order valence-corrected chi connectivity index (χ2v) is 16.3. The van der Waals surface area contributed by atoms with Crippen LogP contribution in [0.2, 0.25) is 0 Å². The molecule has 2 aliphatic heterocycles. The Kier molecular flexibility index (Phi) is 10.3. The first kappa shape index (κ1) is 39.2. The van der Waals surface area contributed by atoms with Gasteiger partial charge < -0.3 is 15.0 Å². The Balaban J connectivity index is 0.781. The van der Waals surface area contributed by atoms with E-state index in [0.717, 1.165) is 104 Å². The average Bonchev–Trinajstić information content (AvgIpc) is 3.94. The van der Waals surface area contributed by atoms with Crippen LogP contribution in [0.4, 0.5) is 13.2 Å². The quantitative estimate of drug-likeness (QED) is 0.125. The highest BCUT2D eigenvalue weighted by Gasteiger charge is 2.32. The molecule has 6 aromatic rings. The molecule has 0 spiro atoms. The molecule has 14 nitrogen and oxygen atoms in total. The molecule has 0 radical (unpaired) electrons. The molecule has 17 heteroatoms. The number of amides is 3. The predicted molar refractivity (Wildman–Crippen MR) is 214 cm³/mol. The summed E-state index contributed by atoms with van der Waals surface area (Å²) in [5.41, 5.74) is 4.25. The number of imide groups is 1. The number of nitrogens with zero attached hydrogens (tertiary/aromatic N) is 7. The molecular weight excluding hydrogens is 780 g/mol. The molecule has 60 heavy (non-hydrogen) atoms. The molecule has 1 saturated heterocycles. The van der Waals surface area contributed by atoms with Gasteiger partial charge in [0.1, 0.15) is 11.9 Å². The highest BCUT2D eigenvalue weighted by molar-refractivity contribution is 6.00. The Morgan fingerprint density at radius 1 is 0.950 bits per heavy atom. The highest BCUT2D eigenvalue weighted by atomic mass is 19.2. The first-order chi connectivity index (χ1) is 28.9. The number of benzene rings is 3. The minimum Gasteiger partial charge on any atom is -0.503 e. The predicted octanol–water partition coefficient (Wildman–Crippen LogP) is 5.26. The van der Waals surface area contributed by atoms with Crippen LogP contribution in [0.1, 0.15) is 78.8 Å². The Morgan fingerprint density at radius 2 is 1.77 bits per heavy atom. The number of aromatic nitrogens is 6. The molecule has 9 rings (SSSR count). The zero-order valence-corrected chi connectivity index (χ0v) is 33.0. The molecule has 1 aliphatic carbocycles. The third-order valence-corrected chi connectivity index (χ3v) is 12.4. The fraction of sp³-hybridized carbons (Fsp3) is 0.395. The number of imidazole rings is 2. The summed E-state index contributed by atoms with van der Waals surface area (Å²) >= 11 is 0. The summed E-state index contributed by atoms with van der Waals surface area (Å²) < 4.78 is 48.9. The van der Waals surface area contributed by atoms with Crippen LogP contribution >= 0.6 is 0 Å². The van der Waals surface area contributed by atoms with Crippen molar-refractivity contribution in [3.8, 4) is 17.0 Å². The Bertz CT molecular complexity index is 2750. The summed E-state index contributed by atoms with van der Waals surface area (Å²) in [5.74, 6) is -6.79. The summed E-state index contributed by atoms with van der Waals surface area (Å²) in [7, 11) is 1.71. The minimum atomic E-state index is -1.79. The van der Waals surface area contributed by atoms with Gasteiger partial charge in [-0.2, -0.15) is 9.49 Å². The van der Waals surface area contributed by atoms with Crippen molar-refractivity contribution >= 4 is 39.7 Å². The Hall–Kier alpha value is -6.23. The maximum absolute atomic E-state index is 14.2. The van der Waals surface area contributed by atoms with Crippen LogP contribution in [-0.4, -0.2) is 75.8 Å². The molecule has 2 fully saturated rings. The number of phenolic OH excluding ortho intramolecular Hbond substituents is 1. The van der Waals surface area contributed by atoms with E-state index in [1.165, 1.54) is 4.57 Å². The van der Waals surface area contributed by atoms with E-state index in [2.05, 4.69) is 50.7 Å². The first-order valence-electron chi connectivity index (χ1n) is 20.4. The number of hydrogen-bond donors (Lipinski definition) is 3. The fourth-order valence-corrected chi connectivity index (χ4v) is 9.01. The van der Waals surface area contributed by atoms with Gasteiger partial charge in [0, 0.05) is 56.4 Å². The lowest BCUT2D eigenvalue weighted by atomic mass is 9.86. The molecular formula is C43H44F3N9O5. The third-order valence-electron chi connectivity index (χ3n) is 12.4. The second kappa shape index (κ2) is 15.7. The van der Waals surface area contributed by atoms with Crippen LogP contribution in [0.3, 0.4) is 0 Å². The molecule has 3 N–H and O–H groups in total. The molecule has 0 bridgehead atoms. The van der Waals surface area contributed by atoms with Crippen molar-refractivity contribution in [2.45, 2.75) is 76.5 Å². The van der Waals surface area contributed by atoms with Gasteiger partial charge in [-0.05, 0) is 87.2 Å². The van der Waals surface area contributed by atoms with E-state index < -0.39 is 46.6 Å². The summed E-state index contributed by atoms with van der Waals surface area (Å²) in [6.07, 6.45) is 9.61. The summed E-state index contributed by atoms with van der Waals surface area (Å²) in [6, 6.07) is 12.1. The van der Waals surface area contributed by atoms with Gasteiger partial charge in [-0.3, -0.25) is 38.4 Å². The number of rotatable bonds is 10. The number of piperidine rings is 1. The molecule has 5 heterocycles. The summed E-state index contributed by atoms with van der Waals surface area (Å²) in [6.45, 7) is 3.59. The van der Waals surface area contributed by atoms with E-state index in [1.54, 1.807) is 11.6 Å². The van der Waals surface area contributed by atoms with Crippen LogP contribution in [-0.2, 0) is 36.1 Å². The summed E-state index contributed by atoms with van der Waals surface area (Å²) in [4.78, 5) is 57.3. The molecule has 3 aliphatic rings. The molecule has 3 aromatic carbocycles. The van der Waals surface area contributed by atoms with Crippen molar-refractivity contribution in [1.29, 1.82) is 0 Å². The van der Waals surface area contributed by atoms with E-state index in [9.17, 15) is 37.5 Å². The van der Waals surface area contributed by atoms with Gasteiger partial charge in [0.2, 0.25) is 17.6 Å². The monoisotopic (exact) mass is 823 g/mol. The zero-order valence-electron chi connectivity index (χ0n) is 33.0. The molecule has 1 saturated carbocycles. The van der Waals surface area contributed by atoms with Gasteiger partial charge in [0.25, 0.3) is 5.91 Å². The number of carbonyl (C=O) groups is 3. The van der Waals surface area contributed by atoms with Crippen molar-refractivity contribution in [2.75, 3.05) is 19.6 Å². The second-order valence-electron chi connectivity index (χ2n) is 16.3. The van der Waals surface area contributed by atoms with Crippen molar-refractivity contribution in [3.05, 3.63) is 99.7 Å². The maximum Gasteiger partial charge on any atom is 0.329 e. The van der Waals surface area contributed by atoms with Crippen molar-refractivity contribution in [1.82, 2.24) is 44.0 Å². The number of carbonyl (C=O) groups excluding carboxylic acids is 3. The van der Waals surface area contributed by atoms with E-state index in [0.29, 0.717) is 18.0 Å². The standard InChI is InChI=1S/C43H44F3N9O5/c1-51-35-17-24(6-11-33(35)55(43(51)60)34-12-13-37(56)49-42(34)59)3-2-14-52-15-16-53-22-32(48-36(53)23-52)26-7-8-27-21-54(50-31(27)18-26)28-9-4-25(5-10-28)20-47-41(58)29-19-30(44)40(57)39(46)38(29)45/h6-8,11,17-19,21-22,25,28,34,57H,2-5,9-10,12-16,20,23H2,1H3,(H,47,58)(H,49,56,59)/t25-,28-,34?. The minimum absolute atomic E-state index is 0.112. The topological polar surface area (TPSA) is 161 Å². The van der Waals surface area contributed by atoms with E-state index in [1.807, 2.05) is 22.9 Å². The number of aryl methyl sites for hydroxylation is 2. The smallest absolute Gasteiger partial charge is 0.329 e. The Labute approximate surface area is 341 Å². The molecule has 3 amide bonds. The lowest BCUT2D eigenvalue weighted by Crippen LogP contribution is -2.44. The van der Waals surface area contributed by atoms with Crippen LogP contribution in [0.25, 0.3) is 33.2 Å².